The molecule has 1 atom stereocenters. The average molecular weight is 446 g/mol. The standard InChI is InChI=1S/C20H27N7O3S/c1-20(2,3)16-9-14(25(4)24-16)18(28)26-8-6-7-13(11-26)17-15(31(5,29)30)10-21-19-22-12-23-27(17)19/h9-10,12-13H,6-8,11H2,1-5H3. The first kappa shape index (κ1) is 21.4. The van der Waals surface area contributed by atoms with Gasteiger partial charge in [0.15, 0.2) is 9.84 Å². The number of carbonyl (C=O) groups excluding carboxylic acids is 1. The fourth-order valence-corrected chi connectivity index (χ4v) is 4.90. The van der Waals surface area contributed by atoms with Gasteiger partial charge < -0.3 is 4.90 Å². The van der Waals surface area contributed by atoms with E-state index in [1.165, 1.54) is 17.0 Å². The van der Waals surface area contributed by atoms with Crippen molar-refractivity contribution in [1.82, 2.24) is 34.3 Å². The number of aryl methyl sites for hydroxylation is 1. The van der Waals surface area contributed by atoms with Crippen LogP contribution in [0.3, 0.4) is 0 Å². The van der Waals surface area contributed by atoms with E-state index in [1.807, 2.05) is 6.07 Å². The SMILES string of the molecule is Cn1nc(C(C)(C)C)cc1C(=O)N1CCCC(c2c(S(C)(=O)=O)cnc3ncnn23)C1. The largest absolute Gasteiger partial charge is 0.337 e. The molecule has 1 amide bonds. The van der Waals surface area contributed by atoms with Crippen molar-refractivity contribution >= 4 is 21.5 Å². The summed E-state index contributed by atoms with van der Waals surface area (Å²) in [5.41, 5.74) is 1.74. The highest BCUT2D eigenvalue weighted by Crippen LogP contribution is 2.32. The normalized spacial score (nSPS) is 18.0. The van der Waals surface area contributed by atoms with Crippen LogP contribution in [0.5, 0.6) is 0 Å². The molecular weight excluding hydrogens is 418 g/mol. The van der Waals surface area contributed by atoms with Crippen LogP contribution < -0.4 is 0 Å². The van der Waals surface area contributed by atoms with Crippen molar-refractivity contribution in [3.8, 4) is 0 Å². The van der Waals surface area contributed by atoms with Crippen LogP contribution in [0.25, 0.3) is 5.78 Å². The molecule has 31 heavy (non-hydrogen) atoms. The fourth-order valence-electron chi connectivity index (χ4n) is 4.02. The summed E-state index contributed by atoms with van der Waals surface area (Å²) in [4.78, 5) is 23.4. The number of hydrogen-bond acceptors (Lipinski definition) is 7. The van der Waals surface area contributed by atoms with E-state index in [4.69, 9.17) is 0 Å². The molecule has 4 heterocycles. The molecule has 3 aromatic heterocycles. The maximum atomic E-state index is 13.3. The third-order valence-electron chi connectivity index (χ3n) is 5.67. The van der Waals surface area contributed by atoms with Crippen LogP contribution in [-0.4, -0.2) is 67.9 Å². The average Bonchev–Trinajstić information content (AvgIpc) is 3.32. The van der Waals surface area contributed by atoms with Crippen LogP contribution >= 0.6 is 0 Å². The second-order valence-electron chi connectivity index (χ2n) is 9.13. The van der Waals surface area contributed by atoms with Gasteiger partial charge in [0, 0.05) is 37.7 Å². The number of rotatable bonds is 3. The summed E-state index contributed by atoms with van der Waals surface area (Å²) in [6, 6.07) is 1.84. The number of sulfone groups is 1. The van der Waals surface area contributed by atoms with Gasteiger partial charge in [0.1, 0.15) is 16.9 Å². The minimum absolute atomic E-state index is 0.111. The Morgan fingerprint density at radius 1 is 1.23 bits per heavy atom. The van der Waals surface area contributed by atoms with Gasteiger partial charge in [-0.15, -0.1) is 0 Å². The lowest BCUT2D eigenvalue weighted by Crippen LogP contribution is -2.40. The van der Waals surface area contributed by atoms with E-state index < -0.39 is 9.84 Å². The minimum Gasteiger partial charge on any atom is -0.337 e. The van der Waals surface area contributed by atoms with Crippen molar-refractivity contribution < 1.29 is 13.2 Å². The molecule has 0 aromatic carbocycles. The van der Waals surface area contributed by atoms with Gasteiger partial charge in [-0.05, 0) is 18.9 Å². The zero-order valence-corrected chi connectivity index (χ0v) is 19.2. The molecule has 1 unspecified atom stereocenters. The third-order valence-corrected chi connectivity index (χ3v) is 6.78. The van der Waals surface area contributed by atoms with Gasteiger partial charge in [0.05, 0.1) is 17.6 Å². The predicted molar refractivity (Wildman–Crippen MR) is 114 cm³/mol. The maximum absolute atomic E-state index is 13.3. The molecule has 4 rings (SSSR count). The van der Waals surface area contributed by atoms with Crippen molar-refractivity contribution in [2.24, 2.45) is 7.05 Å². The van der Waals surface area contributed by atoms with Gasteiger partial charge in [-0.2, -0.15) is 19.7 Å². The lowest BCUT2D eigenvalue weighted by molar-refractivity contribution is 0.0693. The number of fused-ring (bicyclic) bond motifs is 1. The number of aromatic nitrogens is 6. The van der Waals surface area contributed by atoms with Gasteiger partial charge in [0.2, 0.25) is 0 Å². The topological polar surface area (TPSA) is 115 Å². The van der Waals surface area contributed by atoms with E-state index in [-0.39, 0.29) is 22.1 Å². The molecule has 1 fully saturated rings. The first-order valence-electron chi connectivity index (χ1n) is 10.2. The number of piperidine rings is 1. The summed E-state index contributed by atoms with van der Waals surface area (Å²) in [5.74, 6) is 0.0252. The maximum Gasteiger partial charge on any atom is 0.272 e. The van der Waals surface area contributed by atoms with Crippen LogP contribution in [0, 0.1) is 0 Å². The van der Waals surface area contributed by atoms with Gasteiger partial charge in [-0.3, -0.25) is 9.48 Å². The van der Waals surface area contributed by atoms with E-state index in [2.05, 4.69) is 40.9 Å². The number of nitrogens with zero attached hydrogens (tertiary/aromatic N) is 7. The van der Waals surface area contributed by atoms with E-state index in [0.29, 0.717) is 30.3 Å². The van der Waals surface area contributed by atoms with E-state index in [1.54, 1.807) is 16.6 Å². The summed E-state index contributed by atoms with van der Waals surface area (Å²) in [5, 5.41) is 8.72. The van der Waals surface area contributed by atoms with Gasteiger partial charge >= 0.3 is 0 Å². The minimum atomic E-state index is -3.53. The number of likely N-dealkylation sites (tertiary alicyclic amines) is 1. The molecular formula is C20H27N7O3S. The van der Waals surface area contributed by atoms with Crippen LogP contribution in [0.1, 0.15) is 61.4 Å². The van der Waals surface area contributed by atoms with Crippen molar-refractivity contribution in [1.29, 1.82) is 0 Å². The van der Waals surface area contributed by atoms with Crippen molar-refractivity contribution in [2.75, 3.05) is 19.3 Å². The second kappa shape index (κ2) is 7.40. The highest BCUT2D eigenvalue weighted by Gasteiger charge is 2.33. The molecule has 1 saturated heterocycles. The van der Waals surface area contributed by atoms with Gasteiger partial charge in [-0.1, -0.05) is 20.8 Å². The molecule has 0 saturated carbocycles. The van der Waals surface area contributed by atoms with Crippen LogP contribution in [0.15, 0.2) is 23.5 Å². The van der Waals surface area contributed by atoms with Crippen molar-refractivity contribution in [3.05, 3.63) is 35.7 Å². The van der Waals surface area contributed by atoms with Crippen molar-refractivity contribution in [3.63, 3.8) is 0 Å². The molecule has 0 spiro atoms. The third kappa shape index (κ3) is 3.93. The molecule has 10 nitrogen and oxygen atoms in total. The molecule has 1 aliphatic rings. The zero-order chi connectivity index (χ0) is 22.6. The summed E-state index contributed by atoms with van der Waals surface area (Å²) in [7, 11) is -1.76. The summed E-state index contributed by atoms with van der Waals surface area (Å²) >= 11 is 0. The van der Waals surface area contributed by atoms with Gasteiger partial charge in [-0.25, -0.2) is 13.4 Å². The monoisotopic (exact) mass is 445 g/mol. The van der Waals surface area contributed by atoms with E-state index >= 15 is 0 Å². The Hall–Kier alpha value is -2.82. The Kier molecular flexibility index (Phi) is 5.11. The fraction of sp³-hybridized carbons (Fsp3) is 0.550. The highest BCUT2D eigenvalue weighted by atomic mass is 32.2. The lowest BCUT2D eigenvalue weighted by Gasteiger charge is -2.33. The Morgan fingerprint density at radius 3 is 2.61 bits per heavy atom. The Labute approximate surface area is 181 Å². The molecule has 0 radical (unpaired) electrons. The summed E-state index contributed by atoms with van der Waals surface area (Å²) in [6.07, 6.45) is 5.34. The van der Waals surface area contributed by atoms with Crippen LogP contribution in [0.4, 0.5) is 0 Å². The first-order chi connectivity index (χ1) is 14.5. The molecule has 1 aliphatic heterocycles. The predicted octanol–water partition coefficient (Wildman–Crippen LogP) is 1.58. The smallest absolute Gasteiger partial charge is 0.272 e. The van der Waals surface area contributed by atoms with E-state index in [9.17, 15) is 13.2 Å². The molecule has 0 bridgehead atoms. The summed E-state index contributed by atoms with van der Waals surface area (Å²) in [6.45, 7) is 7.15. The lowest BCUT2D eigenvalue weighted by atomic mass is 9.92. The molecule has 0 aliphatic carbocycles. The first-order valence-corrected chi connectivity index (χ1v) is 12.1. The second-order valence-corrected chi connectivity index (χ2v) is 11.1. The Bertz CT molecular complexity index is 1250. The molecule has 0 N–H and O–H groups in total. The Balaban J connectivity index is 1.70. The quantitative estimate of drug-likeness (QED) is 0.601. The molecule has 3 aromatic rings. The van der Waals surface area contributed by atoms with Gasteiger partial charge in [0.25, 0.3) is 11.7 Å². The zero-order valence-electron chi connectivity index (χ0n) is 18.4. The van der Waals surface area contributed by atoms with Crippen LogP contribution in [0.2, 0.25) is 0 Å². The van der Waals surface area contributed by atoms with Crippen LogP contribution in [-0.2, 0) is 22.3 Å². The number of amides is 1. The van der Waals surface area contributed by atoms with Crippen molar-refractivity contribution in [2.45, 2.75) is 49.8 Å². The molecule has 166 valence electrons. The Morgan fingerprint density at radius 2 is 1.97 bits per heavy atom. The van der Waals surface area contributed by atoms with E-state index in [0.717, 1.165) is 24.8 Å². The number of hydrogen-bond donors (Lipinski definition) is 0. The number of carbonyl (C=O) groups is 1. The summed E-state index contributed by atoms with van der Waals surface area (Å²) < 4.78 is 28.0. The highest BCUT2D eigenvalue weighted by molar-refractivity contribution is 7.90. The molecule has 11 heteroatoms.